The van der Waals surface area contributed by atoms with Gasteiger partial charge < -0.3 is 19.5 Å². The van der Waals surface area contributed by atoms with E-state index in [9.17, 15) is 9.59 Å². The van der Waals surface area contributed by atoms with Gasteiger partial charge in [0, 0.05) is 30.3 Å². The number of benzene rings is 1. The first-order valence-electron chi connectivity index (χ1n) is 7.22. The van der Waals surface area contributed by atoms with E-state index < -0.39 is 0 Å². The Morgan fingerprint density at radius 2 is 1.79 bits per heavy atom. The highest BCUT2D eigenvalue weighted by Gasteiger charge is 2.14. The van der Waals surface area contributed by atoms with E-state index in [-0.39, 0.29) is 17.2 Å². The minimum atomic E-state index is -0.377. The molecule has 8 heteroatoms. The average Bonchev–Trinajstić information content (AvgIpc) is 2.61. The zero-order valence-electron chi connectivity index (χ0n) is 13.7. The summed E-state index contributed by atoms with van der Waals surface area (Å²) in [6.45, 7) is 0.346. The van der Waals surface area contributed by atoms with E-state index >= 15 is 0 Å². The zero-order chi connectivity index (χ0) is 17.5. The summed E-state index contributed by atoms with van der Waals surface area (Å²) in [7, 11) is 4.67. The molecule has 24 heavy (non-hydrogen) atoms. The fraction of sp³-hybridized carbons (Fsp3) is 0.312. The molecule has 0 radical (unpaired) electrons. The van der Waals surface area contributed by atoms with Crippen molar-refractivity contribution in [2.24, 2.45) is 0 Å². The Hall–Kier alpha value is -3.03. The zero-order valence-corrected chi connectivity index (χ0v) is 13.7. The molecule has 0 aliphatic carbocycles. The van der Waals surface area contributed by atoms with Crippen molar-refractivity contribution < 1.29 is 19.0 Å². The predicted molar refractivity (Wildman–Crippen MR) is 87.0 cm³/mol. The fourth-order valence-electron chi connectivity index (χ4n) is 2.19. The van der Waals surface area contributed by atoms with Crippen LogP contribution in [0.15, 0.2) is 29.1 Å². The van der Waals surface area contributed by atoms with Gasteiger partial charge in [0.2, 0.25) is 0 Å². The highest BCUT2D eigenvalue weighted by Crippen LogP contribution is 2.34. The summed E-state index contributed by atoms with van der Waals surface area (Å²) >= 11 is 0. The highest BCUT2D eigenvalue weighted by atomic mass is 16.5. The second-order valence-corrected chi connectivity index (χ2v) is 4.82. The summed E-state index contributed by atoms with van der Waals surface area (Å²) in [5.41, 5.74) is 0.595. The lowest BCUT2D eigenvalue weighted by molar-refractivity contribution is 0.0948. The van der Waals surface area contributed by atoms with Gasteiger partial charge in [-0.25, -0.2) is 5.10 Å². The smallest absolute Gasteiger partial charge is 0.271 e. The number of rotatable bonds is 7. The van der Waals surface area contributed by atoms with Crippen molar-refractivity contribution in [2.75, 3.05) is 27.9 Å². The third-order valence-corrected chi connectivity index (χ3v) is 3.39. The third-order valence-electron chi connectivity index (χ3n) is 3.39. The summed E-state index contributed by atoms with van der Waals surface area (Å²) in [5.74, 6) is 1.47. The molecule has 0 fully saturated rings. The standard InChI is InChI=1S/C16H19N3O5/c1-22-10-8-13(23-2)11(14(9-10)24-3)6-7-17-16(21)12-4-5-15(20)19-18-12/h4-5,8-9H,6-7H2,1-3H3,(H,17,21)(H,19,20). The van der Waals surface area contributed by atoms with Crippen molar-refractivity contribution in [2.45, 2.75) is 6.42 Å². The molecular weight excluding hydrogens is 314 g/mol. The van der Waals surface area contributed by atoms with Gasteiger partial charge in [0.25, 0.3) is 11.5 Å². The Morgan fingerprint density at radius 3 is 2.29 bits per heavy atom. The van der Waals surface area contributed by atoms with Gasteiger partial charge in [0.1, 0.15) is 22.9 Å². The van der Waals surface area contributed by atoms with E-state index in [4.69, 9.17) is 14.2 Å². The van der Waals surface area contributed by atoms with E-state index in [2.05, 4.69) is 15.5 Å². The molecule has 0 saturated heterocycles. The molecule has 0 aliphatic heterocycles. The van der Waals surface area contributed by atoms with Crippen molar-refractivity contribution in [1.29, 1.82) is 0 Å². The number of aromatic amines is 1. The summed E-state index contributed by atoms with van der Waals surface area (Å²) in [5, 5.41) is 8.63. The van der Waals surface area contributed by atoms with Crippen LogP contribution >= 0.6 is 0 Å². The molecule has 1 heterocycles. The molecule has 0 unspecified atom stereocenters. The lowest BCUT2D eigenvalue weighted by atomic mass is 10.1. The van der Waals surface area contributed by atoms with Crippen LogP contribution < -0.4 is 25.1 Å². The number of ether oxygens (including phenoxy) is 3. The maximum atomic E-state index is 12.0. The fourth-order valence-corrected chi connectivity index (χ4v) is 2.19. The number of nitrogens with zero attached hydrogens (tertiary/aromatic N) is 1. The Balaban J connectivity index is 2.07. The number of methoxy groups -OCH3 is 3. The van der Waals surface area contributed by atoms with Gasteiger partial charge in [-0.3, -0.25) is 9.59 Å². The average molecular weight is 333 g/mol. The molecule has 2 rings (SSSR count). The van der Waals surface area contributed by atoms with Crippen LogP contribution in [0.2, 0.25) is 0 Å². The van der Waals surface area contributed by atoms with E-state index in [1.165, 1.54) is 12.1 Å². The van der Waals surface area contributed by atoms with E-state index in [0.29, 0.717) is 30.2 Å². The molecule has 0 spiro atoms. The number of nitrogens with one attached hydrogen (secondary N) is 2. The lowest BCUT2D eigenvalue weighted by Gasteiger charge is -2.15. The largest absolute Gasteiger partial charge is 0.496 e. The highest BCUT2D eigenvalue weighted by molar-refractivity contribution is 5.91. The van der Waals surface area contributed by atoms with E-state index in [1.54, 1.807) is 33.5 Å². The third kappa shape index (κ3) is 4.03. The molecule has 2 N–H and O–H groups in total. The molecule has 1 amide bonds. The van der Waals surface area contributed by atoms with Crippen LogP contribution in [0.1, 0.15) is 16.1 Å². The molecule has 8 nitrogen and oxygen atoms in total. The number of amides is 1. The minimum absolute atomic E-state index is 0.142. The number of carbonyl (C=O) groups excluding carboxylic acids is 1. The van der Waals surface area contributed by atoms with E-state index in [0.717, 1.165) is 5.56 Å². The van der Waals surface area contributed by atoms with Crippen LogP contribution in [0, 0.1) is 0 Å². The predicted octanol–water partition coefficient (Wildman–Crippen LogP) is 0.768. The number of aromatic nitrogens is 2. The summed E-state index contributed by atoms with van der Waals surface area (Å²) < 4.78 is 15.9. The molecule has 1 aromatic heterocycles. The van der Waals surface area contributed by atoms with E-state index in [1.807, 2.05) is 0 Å². The molecule has 2 aromatic rings. The van der Waals surface area contributed by atoms with Crippen molar-refractivity contribution in [3.8, 4) is 17.2 Å². The van der Waals surface area contributed by atoms with Gasteiger partial charge in [-0.05, 0) is 12.5 Å². The number of carbonyl (C=O) groups is 1. The Labute approximate surface area is 138 Å². The van der Waals surface area contributed by atoms with Crippen LogP contribution in [0.5, 0.6) is 17.2 Å². The normalized spacial score (nSPS) is 10.1. The van der Waals surface area contributed by atoms with Crippen LogP contribution in [0.3, 0.4) is 0 Å². The van der Waals surface area contributed by atoms with Crippen LogP contribution in [0.25, 0.3) is 0 Å². The van der Waals surface area contributed by atoms with Crippen LogP contribution in [-0.2, 0) is 6.42 Å². The van der Waals surface area contributed by atoms with Crippen molar-refractivity contribution in [3.05, 3.63) is 45.9 Å². The monoisotopic (exact) mass is 333 g/mol. The van der Waals surface area contributed by atoms with Crippen molar-refractivity contribution in [3.63, 3.8) is 0 Å². The summed E-state index contributed by atoms with van der Waals surface area (Å²) in [4.78, 5) is 22.9. The van der Waals surface area contributed by atoms with Crippen LogP contribution in [0.4, 0.5) is 0 Å². The van der Waals surface area contributed by atoms with Gasteiger partial charge in [-0.2, -0.15) is 5.10 Å². The quantitative estimate of drug-likeness (QED) is 0.776. The molecule has 0 atom stereocenters. The first-order valence-corrected chi connectivity index (χ1v) is 7.22. The number of hydrogen-bond donors (Lipinski definition) is 2. The topological polar surface area (TPSA) is 103 Å². The Morgan fingerprint density at radius 1 is 1.12 bits per heavy atom. The second-order valence-electron chi connectivity index (χ2n) is 4.82. The second kappa shape index (κ2) is 8.00. The van der Waals surface area contributed by atoms with Gasteiger partial charge in [-0.15, -0.1) is 0 Å². The lowest BCUT2D eigenvalue weighted by Crippen LogP contribution is -2.27. The van der Waals surface area contributed by atoms with Gasteiger partial charge in [-0.1, -0.05) is 0 Å². The van der Waals surface area contributed by atoms with Crippen LogP contribution in [-0.4, -0.2) is 44.0 Å². The Kier molecular flexibility index (Phi) is 5.78. The molecule has 0 aliphatic rings. The summed E-state index contributed by atoms with van der Waals surface area (Å²) in [6.07, 6.45) is 0.492. The molecule has 1 aromatic carbocycles. The van der Waals surface area contributed by atoms with Crippen molar-refractivity contribution in [1.82, 2.24) is 15.5 Å². The van der Waals surface area contributed by atoms with Gasteiger partial charge in [0.05, 0.1) is 21.3 Å². The minimum Gasteiger partial charge on any atom is -0.496 e. The number of H-pyrrole nitrogens is 1. The molecule has 0 bridgehead atoms. The molecular formula is C16H19N3O5. The van der Waals surface area contributed by atoms with Crippen molar-refractivity contribution >= 4 is 5.91 Å². The number of hydrogen-bond acceptors (Lipinski definition) is 6. The SMILES string of the molecule is COc1cc(OC)c(CCNC(=O)c2ccc(=O)[nH]n2)c(OC)c1. The van der Waals surface area contributed by atoms with Gasteiger partial charge >= 0.3 is 0 Å². The van der Waals surface area contributed by atoms with Gasteiger partial charge in [0.15, 0.2) is 0 Å². The first kappa shape index (κ1) is 17.3. The molecule has 0 saturated carbocycles. The first-order chi connectivity index (χ1) is 11.6. The maximum absolute atomic E-state index is 12.0. The Bertz CT molecular complexity index is 727. The maximum Gasteiger partial charge on any atom is 0.271 e. The molecule has 128 valence electrons. The summed E-state index contributed by atoms with van der Waals surface area (Å²) in [6, 6.07) is 6.12.